The molecule has 2 atom stereocenters. The summed E-state index contributed by atoms with van der Waals surface area (Å²) in [6, 6.07) is 5.88. The van der Waals surface area contributed by atoms with Crippen molar-refractivity contribution in [3.05, 3.63) is 40.4 Å². The monoisotopic (exact) mass is 259 g/mol. The third-order valence-electron chi connectivity index (χ3n) is 4.27. The quantitative estimate of drug-likeness (QED) is 0.760. The lowest BCUT2D eigenvalue weighted by Crippen LogP contribution is -2.45. The molecule has 18 heavy (non-hydrogen) atoms. The summed E-state index contributed by atoms with van der Waals surface area (Å²) >= 11 is 6.02. The highest BCUT2D eigenvalue weighted by atomic mass is 35.5. The fourth-order valence-corrected chi connectivity index (χ4v) is 3.34. The minimum Gasteiger partial charge on any atom is -0.301 e. The highest BCUT2D eigenvalue weighted by molar-refractivity contribution is 6.40. The Labute approximate surface area is 111 Å². The highest BCUT2D eigenvalue weighted by Crippen LogP contribution is 2.46. The molecule has 0 aromatic heterocycles. The molecule has 1 unspecified atom stereocenters. The molecule has 0 aliphatic heterocycles. The van der Waals surface area contributed by atoms with Crippen molar-refractivity contribution in [1.29, 1.82) is 5.41 Å². The zero-order valence-electron chi connectivity index (χ0n) is 10.2. The summed E-state index contributed by atoms with van der Waals surface area (Å²) in [5.41, 5.74) is 2.43. The Morgan fingerprint density at radius 1 is 1.44 bits per heavy atom. The van der Waals surface area contributed by atoms with Gasteiger partial charge >= 0.3 is 0 Å². The Balaban J connectivity index is 2.17. The van der Waals surface area contributed by atoms with Crippen LogP contribution in [0.2, 0.25) is 5.02 Å². The van der Waals surface area contributed by atoms with Crippen LogP contribution in [0.5, 0.6) is 0 Å². The summed E-state index contributed by atoms with van der Waals surface area (Å²) < 4.78 is 0. The zero-order valence-corrected chi connectivity index (χ0v) is 10.9. The van der Waals surface area contributed by atoms with Crippen LogP contribution in [0.4, 0.5) is 0 Å². The first-order valence-corrected chi connectivity index (χ1v) is 6.50. The SMILES string of the molecule is C[C@]12CCC(=O)C(=N)C1C=Cc1cc(Cl)ccc12. The fraction of sp³-hybridized carbons (Fsp3) is 0.333. The van der Waals surface area contributed by atoms with Crippen LogP contribution in [0.15, 0.2) is 24.3 Å². The van der Waals surface area contributed by atoms with Gasteiger partial charge in [-0.25, -0.2) is 0 Å². The van der Waals surface area contributed by atoms with Crippen molar-refractivity contribution in [2.75, 3.05) is 0 Å². The van der Waals surface area contributed by atoms with Gasteiger partial charge in [0.25, 0.3) is 0 Å². The van der Waals surface area contributed by atoms with Crippen LogP contribution in [-0.2, 0) is 10.2 Å². The van der Waals surface area contributed by atoms with Gasteiger partial charge in [-0.1, -0.05) is 36.7 Å². The van der Waals surface area contributed by atoms with Gasteiger partial charge in [-0.3, -0.25) is 4.79 Å². The normalized spacial score (nSPS) is 30.0. The second kappa shape index (κ2) is 3.79. The molecule has 2 aliphatic carbocycles. The molecule has 0 amide bonds. The number of halogens is 1. The maximum Gasteiger partial charge on any atom is 0.176 e. The van der Waals surface area contributed by atoms with Gasteiger partial charge in [0.2, 0.25) is 0 Å². The van der Waals surface area contributed by atoms with E-state index in [9.17, 15) is 4.79 Å². The number of allylic oxidation sites excluding steroid dienone is 1. The Hall–Kier alpha value is -1.41. The maximum absolute atomic E-state index is 11.7. The molecular weight excluding hydrogens is 246 g/mol. The van der Waals surface area contributed by atoms with Gasteiger partial charge < -0.3 is 5.41 Å². The summed E-state index contributed by atoms with van der Waals surface area (Å²) in [6.45, 7) is 2.15. The predicted octanol–water partition coefficient (Wildman–Crippen LogP) is 3.62. The lowest BCUT2D eigenvalue weighted by Gasteiger charge is -2.43. The number of rotatable bonds is 0. The average Bonchev–Trinajstić information content (AvgIpc) is 2.34. The van der Waals surface area contributed by atoms with Crippen molar-refractivity contribution in [1.82, 2.24) is 0 Å². The second-order valence-corrected chi connectivity index (χ2v) is 5.76. The van der Waals surface area contributed by atoms with Crippen LogP contribution in [0, 0.1) is 11.3 Å². The largest absolute Gasteiger partial charge is 0.301 e. The fourth-order valence-electron chi connectivity index (χ4n) is 3.16. The van der Waals surface area contributed by atoms with Crippen molar-refractivity contribution < 1.29 is 4.79 Å². The number of hydrogen-bond acceptors (Lipinski definition) is 2. The highest BCUT2D eigenvalue weighted by Gasteiger charge is 2.45. The first-order chi connectivity index (χ1) is 8.52. The van der Waals surface area contributed by atoms with Crippen molar-refractivity contribution in [2.24, 2.45) is 5.92 Å². The lowest BCUT2D eigenvalue weighted by molar-refractivity contribution is -0.114. The van der Waals surface area contributed by atoms with Crippen LogP contribution in [0.25, 0.3) is 6.08 Å². The van der Waals surface area contributed by atoms with Gasteiger partial charge in [-0.15, -0.1) is 0 Å². The molecule has 1 saturated carbocycles. The number of hydrogen-bond donors (Lipinski definition) is 1. The molecule has 3 heteroatoms. The van der Waals surface area contributed by atoms with E-state index in [4.69, 9.17) is 17.0 Å². The Kier molecular flexibility index (Phi) is 2.46. The van der Waals surface area contributed by atoms with Gasteiger partial charge in [-0.05, 0) is 29.7 Å². The zero-order chi connectivity index (χ0) is 12.9. The van der Waals surface area contributed by atoms with Crippen molar-refractivity contribution in [3.63, 3.8) is 0 Å². The third kappa shape index (κ3) is 1.49. The number of Topliss-reactive ketones (excluding diaryl/α,β-unsaturated/α-hetero) is 1. The van der Waals surface area contributed by atoms with Crippen LogP contribution >= 0.6 is 11.6 Å². The Morgan fingerprint density at radius 2 is 2.22 bits per heavy atom. The number of fused-ring (bicyclic) bond motifs is 3. The van der Waals surface area contributed by atoms with Gasteiger partial charge in [0.1, 0.15) is 0 Å². The molecule has 2 nitrogen and oxygen atoms in total. The van der Waals surface area contributed by atoms with Crippen LogP contribution in [-0.4, -0.2) is 11.5 Å². The standard InChI is InChI=1S/C15H14ClNO/c1-15-7-6-13(18)14(17)12(15)4-2-9-8-10(16)3-5-11(9)15/h2-5,8,12,17H,6-7H2,1H3/t12?,15-/m1/s1. The van der Waals surface area contributed by atoms with E-state index in [-0.39, 0.29) is 22.8 Å². The first kappa shape index (κ1) is 11.7. The van der Waals surface area contributed by atoms with E-state index < -0.39 is 0 Å². The number of benzene rings is 1. The molecule has 0 saturated heterocycles. The minimum absolute atomic E-state index is 0.0143. The minimum atomic E-state index is -0.139. The maximum atomic E-state index is 11.7. The third-order valence-corrected chi connectivity index (χ3v) is 4.50. The molecule has 1 aromatic carbocycles. The molecular formula is C15H14ClNO. The van der Waals surface area contributed by atoms with Gasteiger partial charge in [0.15, 0.2) is 5.78 Å². The summed E-state index contributed by atoms with van der Waals surface area (Å²) in [4.78, 5) is 11.7. The number of carbonyl (C=O) groups excluding carboxylic acids is 1. The molecule has 3 rings (SSSR count). The van der Waals surface area contributed by atoms with E-state index in [0.29, 0.717) is 6.42 Å². The van der Waals surface area contributed by atoms with E-state index in [1.807, 2.05) is 30.4 Å². The summed E-state index contributed by atoms with van der Waals surface area (Å²) in [7, 11) is 0. The molecule has 1 aromatic rings. The summed E-state index contributed by atoms with van der Waals surface area (Å²) in [5.74, 6) is -0.105. The van der Waals surface area contributed by atoms with Crippen LogP contribution in [0.1, 0.15) is 30.9 Å². The first-order valence-electron chi connectivity index (χ1n) is 6.12. The average molecular weight is 260 g/mol. The lowest BCUT2D eigenvalue weighted by atomic mass is 9.59. The van der Waals surface area contributed by atoms with Gasteiger partial charge in [0, 0.05) is 22.8 Å². The molecule has 92 valence electrons. The van der Waals surface area contributed by atoms with E-state index in [1.165, 1.54) is 5.56 Å². The van der Waals surface area contributed by atoms with Crippen molar-refractivity contribution >= 4 is 29.2 Å². The van der Waals surface area contributed by atoms with Crippen molar-refractivity contribution in [3.8, 4) is 0 Å². The van der Waals surface area contributed by atoms with Gasteiger partial charge in [-0.2, -0.15) is 0 Å². The molecule has 0 spiro atoms. The number of nitrogens with one attached hydrogen (secondary N) is 1. The topological polar surface area (TPSA) is 40.9 Å². The molecule has 1 N–H and O–H groups in total. The van der Waals surface area contributed by atoms with Gasteiger partial charge in [0.05, 0.1) is 5.71 Å². The van der Waals surface area contributed by atoms with Crippen LogP contribution < -0.4 is 0 Å². The van der Waals surface area contributed by atoms with Crippen LogP contribution in [0.3, 0.4) is 0 Å². The number of ketones is 1. The van der Waals surface area contributed by atoms with E-state index in [2.05, 4.69) is 6.92 Å². The smallest absolute Gasteiger partial charge is 0.176 e. The Bertz CT molecular complexity index is 590. The second-order valence-electron chi connectivity index (χ2n) is 5.32. The van der Waals surface area contributed by atoms with Crippen molar-refractivity contribution in [2.45, 2.75) is 25.2 Å². The molecule has 0 heterocycles. The molecule has 0 bridgehead atoms. The Morgan fingerprint density at radius 3 is 3.00 bits per heavy atom. The molecule has 2 aliphatic rings. The molecule has 1 fully saturated rings. The van der Waals surface area contributed by atoms with E-state index in [1.54, 1.807) is 0 Å². The summed E-state index contributed by atoms with van der Waals surface area (Å²) in [6.07, 6.45) is 5.25. The predicted molar refractivity (Wildman–Crippen MR) is 73.3 cm³/mol. The van der Waals surface area contributed by atoms with E-state index in [0.717, 1.165) is 17.0 Å². The molecule has 0 radical (unpaired) electrons. The van der Waals surface area contributed by atoms with E-state index >= 15 is 0 Å². The number of carbonyl (C=O) groups is 1. The summed E-state index contributed by atoms with van der Waals surface area (Å²) in [5, 5.41) is 8.73.